The molecular weight excluding hydrogens is 485 g/mol. The predicted octanol–water partition coefficient (Wildman–Crippen LogP) is 4.12. The fourth-order valence-electron chi connectivity index (χ4n) is 4.20. The van der Waals surface area contributed by atoms with E-state index in [0.29, 0.717) is 22.2 Å². The maximum atomic E-state index is 13.0. The zero-order chi connectivity index (χ0) is 24.9. The molecule has 1 saturated carbocycles. The van der Waals surface area contributed by atoms with Crippen LogP contribution in [0.4, 0.5) is 13.2 Å². The Labute approximate surface area is 200 Å². The van der Waals surface area contributed by atoms with Gasteiger partial charge in [0.15, 0.2) is 11.3 Å². The van der Waals surface area contributed by atoms with Crippen molar-refractivity contribution in [2.45, 2.75) is 43.8 Å². The molecule has 0 bridgehead atoms. The Morgan fingerprint density at radius 1 is 1.17 bits per heavy atom. The normalized spacial score (nSPS) is 18.7. The molecule has 0 spiro atoms. The molecule has 1 N–H and O–H groups in total. The van der Waals surface area contributed by atoms with E-state index >= 15 is 0 Å². The number of nitrogens with one attached hydrogen (secondary N) is 1. The van der Waals surface area contributed by atoms with Crippen molar-refractivity contribution in [1.82, 2.24) is 34.7 Å². The van der Waals surface area contributed by atoms with Gasteiger partial charge in [0, 0.05) is 30.4 Å². The van der Waals surface area contributed by atoms with Crippen LogP contribution in [-0.2, 0) is 6.18 Å². The molecule has 3 atom stereocenters. The summed E-state index contributed by atoms with van der Waals surface area (Å²) in [6, 6.07) is 3.41. The largest absolute Gasteiger partial charge is 0.433 e. The Hall–Kier alpha value is -3.85. The first-order chi connectivity index (χ1) is 16.7. The summed E-state index contributed by atoms with van der Waals surface area (Å²) in [7, 11) is 0. The number of nitrogens with zero attached hydrogens (tertiary/aromatic N) is 7. The number of aromatic nitrogens is 7. The highest BCUT2D eigenvalue weighted by molar-refractivity contribution is 6.30. The van der Waals surface area contributed by atoms with E-state index in [2.05, 4.69) is 30.0 Å². The van der Waals surface area contributed by atoms with Crippen molar-refractivity contribution in [2.75, 3.05) is 0 Å². The Balaban J connectivity index is 1.56. The smallest absolute Gasteiger partial charge is 0.310 e. The van der Waals surface area contributed by atoms with Crippen molar-refractivity contribution in [1.29, 1.82) is 5.26 Å². The van der Waals surface area contributed by atoms with Gasteiger partial charge in [0.2, 0.25) is 0 Å². The van der Waals surface area contributed by atoms with Crippen LogP contribution in [0.5, 0.6) is 0 Å². The lowest BCUT2D eigenvalue weighted by molar-refractivity contribution is -0.141. The van der Waals surface area contributed by atoms with Gasteiger partial charge in [-0.3, -0.25) is 9.78 Å². The zero-order valence-electron chi connectivity index (χ0n) is 18.1. The van der Waals surface area contributed by atoms with Gasteiger partial charge in [0.25, 0.3) is 5.56 Å². The molecule has 4 heterocycles. The van der Waals surface area contributed by atoms with Crippen molar-refractivity contribution in [3.05, 3.63) is 74.7 Å². The first-order valence-corrected chi connectivity index (χ1v) is 11.0. The average Bonchev–Trinajstić information content (AvgIpc) is 3.18. The van der Waals surface area contributed by atoms with E-state index in [4.69, 9.17) is 11.6 Å². The first kappa shape index (κ1) is 22.9. The molecule has 0 unspecified atom stereocenters. The van der Waals surface area contributed by atoms with Crippen LogP contribution in [0.2, 0.25) is 5.02 Å². The number of H-pyrrole nitrogens is 1. The number of aromatic amines is 1. The highest BCUT2D eigenvalue weighted by Gasteiger charge is 2.38. The summed E-state index contributed by atoms with van der Waals surface area (Å²) in [4.78, 5) is 32.4. The summed E-state index contributed by atoms with van der Waals surface area (Å²) in [5.41, 5.74) is -1.10. The minimum absolute atomic E-state index is 0.0154. The number of hydrogen-bond donors (Lipinski definition) is 1. The van der Waals surface area contributed by atoms with E-state index in [-0.39, 0.29) is 28.6 Å². The summed E-state index contributed by atoms with van der Waals surface area (Å²) in [5.74, 6) is 0.755. The van der Waals surface area contributed by atoms with Crippen LogP contribution in [0.1, 0.15) is 66.2 Å². The van der Waals surface area contributed by atoms with Gasteiger partial charge in [-0.25, -0.2) is 19.6 Å². The van der Waals surface area contributed by atoms with Crippen molar-refractivity contribution < 1.29 is 13.2 Å². The molecule has 1 fully saturated rings. The molecule has 0 aromatic carbocycles. The maximum Gasteiger partial charge on any atom is 0.433 e. The molecule has 0 amide bonds. The second kappa shape index (κ2) is 8.42. The molecule has 1 aliphatic rings. The van der Waals surface area contributed by atoms with Crippen LogP contribution in [0.25, 0.3) is 11.0 Å². The fourth-order valence-corrected chi connectivity index (χ4v) is 4.30. The lowest BCUT2D eigenvalue weighted by Gasteiger charge is -2.34. The predicted molar refractivity (Wildman–Crippen MR) is 118 cm³/mol. The van der Waals surface area contributed by atoms with Gasteiger partial charge in [-0.05, 0) is 31.4 Å². The van der Waals surface area contributed by atoms with Crippen molar-refractivity contribution in [2.24, 2.45) is 0 Å². The quantitative estimate of drug-likeness (QED) is 0.446. The van der Waals surface area contributed by atoms with Crippen LogP contribution >= 0.6 is 11.6 Å². The van der Waals surface area contributed by atoms with E-state index in [1.54, 1.807) is 6.92 Å². The monoisotopic (exact) mass is 500 g/mol. The van der Waals surface area contributed by atoms with Gasteiger partial charge < -0.3 is 4.98 Å². The standard InChI is InChI=1S/C22H16ClF3N8O/c1-10(11-2-5-16(28-7-11)22(24,25)26)34-20-17(15(6-27)33-34)21(35)32-19(31-20)14-4-3-13(14)18-29-8-12(23)9-30-18/h2,5,7-10,13-14H,3-4H2,1H3,(H,31,32,35)/t10-,13+,14+/m1/s1. The Morgan fingerprint density at radius 2 is 1.89 bits per heavy atom. The molecule has 5 rings (SSSR count). The third kappa shape index (κ3) is 4.01. The Morgan fingerprint density at radius 3 is 2.46 bits per heavy atom. The highest BCUT2D eigenvalue weighted by Crippen LogP contribution is 2.46. The third-order valence-electron chi connectivity index (χ3n) is 6.21. The second-order valence-electron chi connectivity index (χ2n) is 8.26. The molecule has 9 nitrogen and oxygen atoms in total. The maximum absolute atomic E-state index is 13.0. The van der Waals surface area contributed by atoms with E-state index in [0.717, 1.165) is 25.1 Å². The van der Waals surface area contributed by atoms with Gasteiger partial charge >= 0.3 is 6.18 Å². The van der Waals surface area contributed by atoms with Crippen LogP contribution in [0.15, 0.2) is 35.5 Å². The van der Waals surface area contributed by atoms with Gasteiger partial charge in [-0.15, -0.1) is 0 Å². The van der Waals surface area contributed by atoms with E-state index in [9.17, 15) is 23.2 Å². The van der Waals surface area contributed by atoms with Gasteiger partial charge in [-0.1, -0.05) is 17.7 Å². The average molecular weight is 501 g/mol. The summed E-state index contributed by atoms with van der Waals surface area (Å²) in [6.07, 6.45) is 1.08. The van der Waals surface area contributed by atoms with Crippen LogP contribution in [-0.4, -0.2) is 34.7 Å². The van der Waals surface area contributed by atoms with Gasteiger partial charge in [0.1, 0.15) is 28.8 Å². The van der Waals surface area contributed by atoms with E-state index in [1.165, 1.54) is 23.1 Å². The van der Waals surface area contributed by atoms with E-state index in [1.807, 2.05) is 6.07 Å². The zero-order valence-corrected chi connectivity index (χ0v) is 18.8. The number of fused-ring (bicyclic) bond motifs is 1. The SMILES string of the molecule is C[C@H](c1ccc(C(F)(F)F)nc1)n1nc(C#N)c2c(=O)[nH]c([C@H]3CC[C@@H]3c3ncc(Cl)cn3)nc21. The van der Waals surface area contributed by atoms with Crippen molar-refractivity contribution >= 4 is 22.6 Å². The number of rotatable bonds is 4. The van der Waals surface area contributed by atoms with Crippen molar-refractivity contribution in [3.8, 4) is 6.07 Å². The van der Waals surface area contributed by atoms with Gasteiger partial charge in [-0.2, -0.15) is 23.5 Å². The number of pyridine rings is 1. The molecule has 13 heteroatoms. The molecule has 178 valence electrons. The molecule has 4 aromatic heterocycles. The van der Waals surface area contributed by atoms with Crippen LogP contribution in [0.3, 0.4) is 0 Å². The van der Waals surface area contributed by atoms with E-state index < -0.39 is 23.5 Å². The number of alkyl halides is 3. The highest BCUT2D eigenvalue weighted by atomic mass is 35.5. The fraction of sp³-hybridized carbons (Fsp3) is 0.318. The molecule has 1 aliphatic carbocycles. The molecule has 35 heavy (non-hydrogen) atoms. The summed E-state index contributed by atoms with van der Waals surface area (Å²) in [5, 5.41) is 14.2. The number of nitriles is 1. The molecular formula is C22H16ClF3N8O. The Kier molecular flexibility index (Phi) is 5.52. The lowest BCUT2D eigenvalue weighted by atomic mass is 9.72. The summed E-state index contributed by atoms with van der Waals surface area (Å²) in [6.45, 7) is 1.67. The van der Waals surface area contributed by atoms with Gasteiger partial charge in [0.05, 0.1) is 11.1 Å². The number of halogens is 4. The molecule has 0 saturated heterocycles. The lowest BCUT2D eigenvalue weighted by Crippen LogP contribution is -2.28. The number of hydrogen-bond acceptors (Lipinski definition) is 7. The van der Waals surface area contributed by atoms with Crippen molar-refractivity contribution in [3.63, 3.8) is 0 Å². The Bertz CT molecular complexity index is 1510. The molecule has 4 aromatic rings. The summed E-state index contributed by atoms with van der Waals surface area (Å²) >= 11 is 5.88. The minimum Gasteiger partial charge on any atom is -0.310 e. The second-order valence-corrected chi connectivity index (χ2v) is 8.69. The summed E-state index contributed by atoms with van der Waals surface area (Å²) < 4.78 is 40.1. The molecule has 0 radical (unpaired) electrons. The third-order valence-corrected chi connectivity index (χ3v) is 6.40. The van der Waals surface area contributed by atoms with Crippen LogP contribution < -0.4 is 5.56 Å². The topological polar surface area (TPSA) is 126 Å². The first-order valence-electron chi connectivity index (χ1n) is 10.6. The molecule has 0 aliphatic heterocycles. The van der Waals surface area contributed by atoms with Crippen LogP contribution in [0, 0.1) is 11.3 Å². The minimum atomic E-state index is -4.56.